The molecule has 0 heterocycles. The average molecular weight is 195 g/mol. The lowest BCUT2D eigenvalue weighted by Gasteiger charge is -2.23. The molecule has 4 atom stereocenters. The average Bonchev–Trinajstić information content (AvgIpc) is 2.76. The second-order valence-corrected chi connectivity index (χ2v) is 5.47. The quantitative estimate of drug-likeness (QED) is 0.710. The van der Waals surface area contributed by atoms with Crippen LogP contribution in [0.2, 0.25) is 0 Å². The third-order valence-corrected chi connectivity index (χ3v) is 4.41. The van der Waals surface area contributed by atoms with Gasteiger partial charge in [0.2, 0.25) is 0 Å². The van der Waals surface area contributed by atoms with E-state index in [0.717, 1.165) is 30.3 Å². The number of rotatable bonds is 5. The fourth-order valence-corrected chi connectivity index (χ4v) is 3.64. The van der Waals surface area contributed by atoms with E-state index in [1.54, 1.807) is 25.7 Å². The molecule has 4 unspecified atom stereocenters. The van der Waals surface area contributed by atoms with E-state index in [1.165, 1.54) is 12.8 Å². The van der Waals surface area contributed by atoms with Crippen LogP contribution >= 0.6 is 0 Å². The van der Waals surface area contributed by atoms with Gasteiger partial charge in [0.15, 0.2) is 0 Å². The van der Waals surface area contributed by atoms with Gasteiger partial charge in [0.1, 0.15) is 0 Å². The lowest BCUT2D eigenvalue weighted by atomic mass is 9.85. The van der Waals surface area contributed by atoms with E-state index in [2.05, 4.69) is 19.2 Å². The summed E-state index contributed by atoms with van der Waals surface area (Å²) < 4.78 is 0. The normalized spacial score (nSPS) is 37.7. The van der Waals surface area contributed by atoms with E-state index in [9.17, 15) is 0 Å². The van der Waals surface area contributed by atoms with Crippen molar-refractivity contribution in [3.8, 4) is 0 Å². The molecule has 0 radical (unpaired) electrons. The molecule has 1 nitrogen and oxygen atoms in total. The SMILES string of the molecule is CCNC(C)CCC1CC2CCC1C2. The molecule has 0 aromatic rings. The fraction of sp³-hybridized carbons (Fsp3) is 1.00. The summed E-state index contributed by atoms with van der Waals surface area (Å²) in [6.07, 6.45) is 9.09. The molecule has 0 aliphatic heterocycles. The summed E-state index contributed by atoms with van der Waals surface area (Å²) in [7, 11) is 0. The first-order chi connectivity index (χ1) is 6.79. The highest BCUT2D eigenvalue weighted by Crippen LogP contribution is 2.49. The van der Waals surface area contributed by atoms with Crippen LogP contribution in [0, 0.1) is 17.8 Å². The summed E-state index contributed by atoms with van der Waals surface area (Å²) in [6.45, 7) is 5.66. The zero-order valence-corrected chi connectivity index (χ0v) is 9.76. The maximum absolute atomic E-state index is 3.51. The molecule has 2 bridgehead atoms. The molecule has 1 N–H and O–H groups in total. The fourth-order valence-electron chi connectivity index (χ4n) is 3.64. The highest BCUT2D eigenvalue weighted by Gasteiger charge is 2.38. The molecule has 0 spiro atoms. The minimum atomic E-state index is 0.735. The van der Waals surface area contributed by atoms with Crippen LogP contribution in [-0.2, 0) is 0 Å². The van der Waals surface area contributed by atoms with Gasteiger partial charge in [-0.1, -0.05) is 13.3 Å². The Labute approximate surface area is 88.7 Å². The van der Waals surface area contributed by atoms with E-state index in [0.29, 0.717) is 0 Å². The Morgan fingerprint density at radius 2 is 2.14 bits per heavy atom. The lowest BCUT2D eigenvalue weighted by molar-refractivity contribution is 0.296. The van der Waals surface area contributed by atoms with Gasteiger partial charge < -0.3 is 5.32 Å². The zero-order valence-electron chi connectivity index (χ0n) is 9.76. The van der Waals surface area contributed by atoms with Crippen molar-refractivity contribution >= 4 is 0 Å². The molecule has 0 aromatic heterocycles. The molecular weight excluding hydrogens is 170 g/mol. The number of hydrogen-bond donors (Lipinski definition) is 1. The summed E-state index contributed by atoms with van der Waals surface area (Å²) >= 11 is 0. The third-order valence-electron chi connectivity index (χ3n) is 4.41. The molecule has 2 rings (SSSR count). The molecule has 0 amide bonds. The van der Waals surface area contributed by atoms with Crippen LogP contribution in [-0.4, -0.2) is 12.6 Å². The van der Waals surface area contributed by atoms with Gasteiger partial charge in [0, 0.05) is 6.04 Å². The van der Waals surface area contributed by atoms with Crippen LogP contribution in [0.15, 0.2) is 0 Å². The molecular formula is C13H25N. The summed E-state index contributed by atoms with van der Waals surface area (Å²) in [5.41, 5.74) is 0. The van der Waals surface area contributed by atoms with Crippen molar-refractivity contribution in [3.63, 3.8) is 0 Å². The van der Waals surface area contributed by atoms with Crippen LogP contribution < -0.4 is 5.32 Å². The van der Waals surface area contributed by atoms with Crippen LogP contribution in [0.4, 0.5) is 0 Å². The largest absolute Gasteiger partial charge is 0.315 e. The summed E-state index contributed by atoms with van der Waals surface area (Å²) in [5.74, 6) is 3.34. The number of hydrogen-bond acceptors (Lipinski definition) is 1. The van der Waals surface area contributed by atoms with E-state index in [4.69, 9.17) is 0 Å². The smallest absolute Gasteiger partial charge is 0.00387 e. The van der Waals surface area contributed by atoms with Crippen LogP contribution in [0.1, 0.15) is 52.4 Å². The second kappa shape index (κ2) is 4.65. The highest BCUT2D eigenvalue weighted by molar-refractivity contribution is 4.90. The van der Waals surface area contributed by atoms with Gasteiger partial charge in [-0.3, -0.25) is 0 Å². The van der Waals surface area contributed by atoms with Crippen LogP contribution in [0.25, 0.3) is 0 Å². The van der Waals surface area contributed by atoms with Crippen molar-refractivity contribution in [3.05, 3.63) is 0 Å². The third kappa shape index (κ3) is 2.31. The molecule has 0 saturated heterocycles. The van der Waals surface area contributed by atoms with E-state index in [1.807, 2.05) is 0 Å². The van der Waals surface area contributed by atoms with Gasteiger partial charge in [-0.2, -0.15) is 0 Å². The van der Waals surface area contributed by atoms with Crippen molar-refractivity contribution < 1.29 is 0 Å². The maximum Gasteiger partial charge on any atom is 0.00387 e. The first-order valence-electron chi connectivity index (χ1n) is 6.53. The Balaban J connectivity index is 1.66. The first-order valence-corrected chi connectivity index (χ1v) is 6.53. The van der Waals surface area contributed by atoms with E-state index < -0.39 is 0 Å². The molecule has 1 heteroatoms. The molecule has 82 valence electrons. The van der Waals surface area contributed by atoms with Gasteiger partial charge in [-0.25, -0.2) is 0 Å². The monoisotopic (exact) mass is 195 g/mol. The Kier molecular flexibility index (Phi) is 3.48. The molecule has 2 fully saturated rings. The minimum absolute atomic E-state index is 0.735. The summed E-state index contributed by atoms with van der Waals surface area (Å²) in [5, 5.41) is 3.51. The molecule has 0 aromatic carbocycles. The lowest BCUT2D eigenvalue weighted by Crippen LogP contribution is -2.26. The van der Waals surface area contributed by atoms with E-state index in [-0.39, 0.29) is 0 Å². The Hall–Kier alpha value is -0.0400. The Bertz CT molecular complexity index is 178. The van der Waals surface area contributed by atoms with Gasteiger partial charge >= 0.3 is 0 Å². The zero-order chi connectivity index (χ0) is 9.97. The Morgan fingerprint density at radius 3 is 2.71 bits per heavy atom. The molecule has 2 aliphatic rings. The first kappa shape index (κ1) is 10.5. The van der Waals surface area contributed by atoms with Crippen LogP contribution in [0.5, 0.6) is 0 Å². The standard InChI is InChI=1S/C13H25N/c1-3-14-10(2)4-6-12-8-11-5-7-13(12)9-11/h10-14H,3-9H2,1-2H3. The molecule has 2 aliphatic carbocycles. The highest BCUT2D eigenvalue weighted by atomic mass is 14.9. The summed E-state index contributed by atoms with van der Waals surface area (Å²) in [6, 6.07) is 0.735. The number of nitrogens with one attached hydrogen (secondary N) is 1. The molecule has 2 saturated carbocycles. The summed E-state index contributed by atoms with van der Waals surface area (Å²) in [4.78, 5) is 0. The minimum Gasteiger partial charge on any atom is -0.315 e. The van der Waals surface area contributed by atoms with Crippen molar-refractivity contribution in [2.24, 2.45) is 17.8 Å². The topological polar surface area (TPSA) is 12.0 Å². The van der Waals surface area contributed by atoms with Crippen molar-refractivity contribution in [2.75, 3.05) is 6.54 Å². The van der Waals surface area contributed by atoms with Crippen LogP contribution in [0.3, 0.4) is 0 Å². The predicted molar refractivity (Wildman–Crippen MR) is 61.3 cm³/mol. The maximum atomic E-state index is 3.51. The van der Waals surface area contributed by atoms with Gasteiger partial charge in [-0.15, -0.1) is 0 Å². The van der Waals surface area contributed by atoms with Gasteiger partial charge in [0.05, 0.1) is 0 Å². The van der Waals surface area contributed by atoms with Gasteiger partial charge in [0.25, 0.3) is 0 Å². The Morgan fingerprint density at radius 1 is 1.29 bits per heavy atom. The van der Waals surface area contributed by atoms with E-state index >= 15 is 0 Å². The number of fused-ring (bicyclic) bond motifs is 2. The predicted octanol–water partition coefficient (Wildman–Crippen LogP) is 3.20. The van der Waals surface area contributed by atoms with Crippen molar-refractivity contribution in [2.45, 2.75) is 58.4 Å². The van der Waals surface area contributed by atoms with Crippen molar-refractivity contribution in [1.29, 1.82) is 0 Å². The van der Waals surface area contributed by atoms with Crippen molar-refractivity contribution in [1.82, 2.24) is 5.32 Å². The van der Waals surface area contributed by atoms with Gasteiger partial charge in [-0.05, 0) is 63.3 Å². The molecule has 14 heavy (non-hydrogen) atoms. The second-order valence-electron chi connectivity index (χ2n) is 5.47.